The fraction of sp³-hybridized carbons (Fsp3) is 0.0833. The molecule has 1 aromatic carbocycles. The summed E-state index contributed by atoms with van der Waals surface area (Å²) in [5, 5.41) is -0.0677. The van der Waals surface area contributed by atoms with Crippen molar-refractivity contribution in [1.29, 1.82) is 0 Å². The molecule has 1 aromatic heterocycles. The summed E-state index contributed by atoms with van der Waals surface area (Å²) in [6, 6.07) is 6.72. The highest BCUT2D eigenvalue weighted by atomic mass is 35.5. The summed E-state index contributed by atoms with van der Waals surface area (Å²) in [5.74, 6) is -0.565. The second kappa shape index (κ2) is 5.50. The van der Waals surface area contributed by atoms with E-state index in [0.29, 0.717) is 11.1 Å². The molecule has 106 valence electrons. The van der Waals surface area contributed by atoms with Gasteiger partial charge in [-0.05, 0) is 29.3 Å². The summed E-state index contributed by atoms with van der Waals surface area (Å²) < 4.78 is 24.8. The van der Waals surface area contributed by atoms with Gasteiger partial charge in [0.1, 0.15) is 12.1 Å². The van der Waals surface area contributed by atoms with Crippen molar-refractivity contribution in [2.24, 2.45) is 0 Å². The molecule has 2 rings (SSSR count). The van der Waals surface area contributed by atoms with Crippen molar-refractivity contribution in [1.82, 2.24) is 4.57 Å². The standard InChI is InChI=1S/C12H10ClFNO4P/c13-10-5-8(1-2-11(10)14)9-3-4-15(12(16)6-9)7-20(17,18)19/h1-6H,7H2,(H2,17,18,19). The SMILES string of the molecule is O=c1cc(-c2ccc(F)c(Cl)c2)ccn1CP(=O)(O)O. The Hall–Kier alpha value is -1.46. The molecule has 0 aliphatic carbocycles. The molecule has 0 unspecified atom stereocenters. The lowest BCUT2D eigenvalue weighted by Crippen LogP contribution is -2.18. The van der Waals surface area contributed by atoms with Gasteiger partial charge >= 0.3 is 7.60 Å². The highest BCUT2D eigenvalue weighted by Gasteiger charge is 2.15. The van der Waals surface area contributed by atoms with Crippen LogP contribution in [0.5, 0.6) is 0 Å². The lowest BCUT2D eigenvalue weighted by Gasteiger charge is -2.08. The highest BCUT2D eigenvalue weighted by molar-refractivity contribution is 7.50. The average Bonchev–Trinajstić information content (AvgIpc) is 2.34. The molecule has 0 fully saturated rings. The van der Waals surface area contributed by atoms with Crippen molar-refractivity contribution in [2.75, 3.05) is 0 Å². The number of aromatic nitrogens is 1. The fourth-order valence-electron chi connectivity index (χ4n) is 1.68. The molecule has 2 N–H and O–H groups in total. The Kier molecular flexibility index (Phi) is 4.11. The van der Waals surface area contributed by atoms with Crippen LogP contribution in [0.15, 0.2) is 41.3 Å². The van der Waals surface area contributed by atoms with Crippen molar-refractivity contribution in [3.8, 4) is 11.1 Å². The summed E-state index contributed by atoms with van der Waals surface area (Å²) >= 11 is 5.66. The van der Waals surface area contributed by atoms with Crippen LogP contribution in [0.25, 0.3) is 11.1 Å². The van der Waals surface area contributed by atoms with E-state index in [1.807, 2.05) is 0 Å². The van der Waals surface area contributed by atoms with E-state index in [4.69, 9.17) is 21.4 Å². The van der Waals surface area contributed by atoms with Crippen LogP contribution in [0.4, 0.5) is 4.39 Å². The summed E-state index contributed by atoms with van der Waals surface area (Å²) in [7, 11) is -4.32. The van der Waals surface area contributed by atoms with Crippen LogP contribution in [0.1, 0.15) is 0 Å². The van der Waals surface area contributed by atoms with Gasteiger partial charge in [0.15, 0.2) is 0 Å². The van der Waals surface area contributed by atoms with Gasteiger partial charge in [0, 0.05) is 12.3 Å². The minimum absolute atomic E-state index is 0.0677. The second-order valence-electron chi connectivity index (χ2n) is 4.16. The zero-order valence-electron chi connectivity index (χ0n) is 10.0. The predicted octanol–water partition coefficient (Wildman–Crippen LogP) is 2.44. The molecule has 20 heavy (non-hydrogen) atoms. The maximum atomic E-state index is 13.1. The van der Waals surface area contributed by atoms with Crippen LogP contribution in [0, 0.1) is 5.82 Å². The normalized spacial score (nSPS) is 11.6. The fourth-order valence-corrected chi connectivity index (χ4v) is 2.49. The summed E-state index contributed by atoms with van der Waals surface area (Å²) in [5.41, 5.74) is 0.460. The zero-order chi connectivity index (χ0) is 14.9. The third-order valence-electron chi connectivity index (χ3n) is 2.59. The van der Waals surface area contributed by atoms with Crippen LogP contribution in [-0.2, 0) is 10.9 Å². The van der Waals surface area contributed by atoms with E-state index in [1.54, 1.807) is 0 Å². The minimum atomic E-state index is -4.32. The number of nitrogens with zero attached hydrogens (tertiary/aromatic N) is 1. The van der Waals surface area contributed by atoms with Crippen molar-refractivity contribution in [2.45, 2.75) is 6.29 Å². The molecule has 0 saturated heterocycles. The quantitative estimate of drug-likeness (QED) is 0.852. The van der Waals surface area contributed by atoms with Gasteiger partial charge in [-0.15, -0.1) is 0 Å². The molecule has 0 saturated carbocycles. The number of pyridine rings is 1. The first-order valence-electron chi connectivity index (χ1n) is 5.47. The van der Waals surface area contributed by atoms with E-state index in [0.717, 1.165) is 4.57 Å². The molecule has 0 spiro atoms. The van der Waals surface area contributed by atoms with E-state index in [-0.39, 0.29) is 5.02 Å². The molecule has 0 bridgehead atoms. The average molecular weight is 318 g/mol. The van der Waals surface area contributed by atoms with Crippen molar-refractivity contribution in [3.63, 3.8) is 0 Å². The Balaban J connectivity index is 2.40. The number of benzene rings is 1. The van der Waals surface area contributed by atoms with Crippen molar-refractivity contribution < 1.29 is 18.7 Å². The van der Waals surface area contributed by atoms with E-state index >= 15 is 0 Å². The van der Waals surface area contributed by atoms with Gasteiger partial charge in [0.05, 0.1) is 5.02 Å². The Morgan fingerprint density at radius 2 is 1.85 bits per heavy atom. The van der Waals surface area contributed by atoms with Crippen LogP contribution in [-0.4, -0.2) is 14.4 Å². The molecule has 0 aliphatic rings. The molecular formula is C12H10ClFNO4P. The topological polar surface area (TPSA) is 79.5 Å². The second-order valence-corrected chi connectivity index (χ2v) is 6.18. The van der Waals surface area contributed by atoms with Gasteiger partial charge < -0.3 is 14.4 Å². The van der Waals surface area contributed by atoms with Crippen molar-refractivity contribution in [3.05, 3.63) is 57.7 Å². The Morgan fingerprint density at radius 3 is 2.40 bits per heavy atom. The number of hydrogen-bond acceptors (Lipinski definition) is 2. The summed E-state index contributed by atoms with van der Waals surface area (Å²) in [6.07, 6.45) is 0.588. The van der Waals surface area contributed by atoms with Gasteiger partial charge in [-0.1, -0.05) is 17.7 Å². The Labute approximate surface area is 118 Å². The molecule has 0 amide bonds. The van der Waals surface area contributed by atoms with Crippen LogP contribution in [0.3, 0.4) is 0 Å². The molecule has 5 nitrogen and oxygen atoms in total. The molecule has 8 heteroatoms. The Morgan fingerprint density at radius 1 is 1.20 bits per heavy atom. The van der Waals surface area contributed by atoms with E-state index < -0.39 is 25.3 Å². The van der Waals surface area contributed by atoms with Crippen molar-refractivity contribution >= 4 is 19.2 Å². The van der Waals surface area contributed by atoms with Gasteiger partial charge in [0.25, 0.3) is 5.56 Å². The highest BCUT2D eigenvalue weighted by Crippen LogP contribution is 2.35. The monoisotopic (exact) mass is 317 g/mol. The van der Waals surface area contributed by atoms with Gasteiger partial charge in [-0.2, -0.15) is 0 Å². The maximum absolute atomic E-state index is 13.1. The first-order chi connectivity index (χ1) is 9.26. The van der Waals surface area contributed by atoms with Gasteiger partial charge in [0.2, 0.25) is 0 Å². The first kappa shape index (κ1) is 14.9. The smallest absolute Gasteiger partial charge is 0.323 e. The maximum Gasteiger partial charge on any atom is 0.345 e. The number of hydrogen-bond donors (Lipinski definition) is 2. The van der Waals surface area contributed by atoms with Crippen LogP contribution in [0.2, 0.25) is 5.02 Å². The number of halogens is 2. The van der Waals surface area contributed by atoms with E-state index in [1.165, 1.54) is 36.5 Å². The molecule has 0 radical (unpaired) electrons. The minimum Gasteiger partial charge on any atom is -0.323 e. The predicted molar refractivity (Wildman–Crippen MR) is 73.2 cm³/mol. The largest absolute Gasteiger partial charge is 0.345 e. The van der Waals surface area contributed by atoms with E-state index in [9.17, 15) is 13.8 Å². The molecule has 0 aliphatic heterocycles. The molecular weight excluding hydrogens is 308 g/mol. The first-order valence-corrected chi connectivity index (χ1v) is 7.64. The lowest BCUT2D eigenvalue weighted by atomic mass is 10.1. The summed E-state index contributed by atoms with van der Waals surface area (Å²) in [4.78, 5) is 29.4. The summed E-state index contributed by atoms with van der Waals surface area (Å²) in [6.45, 7) is 0. The zero-order valence-corrected chi connectivity index (χ0v) is 11.7. The lowest BCUT2D eigenvalue weighted by molar-refractivity contribution is 0.361. The van der Waals surface area contributed by atoms with Gasteiger partial charge in [-0.25, -0.2) is 4.39 Å². The Bertz CT molecular complexity index is 755. The molecule has 0 atom stereocenters. The van der Waals surface area contributed by atoms with Gasteiger partial charge in [-0.3, -0.25) is 9.36 Å². The van der Waals surface area contributed by atoms with Crippen LogP contribution >= 0.6 is 19.2 Å². The number of rotatable bonds is 3. The molecule has 1 heterocycles. The molecule has 2 aromatic rings. The van der Waals surface area contributed by atoms with Crippen LogP contribution < -0.4 is 5.56 Å². The third-order valence-corrected chi connectivity index (χ3v) is 3.55. The third kappa shape index (κ3) is 3.55. The van der Waals surface area contributed by atoms with E-state index in [2.05, 4.69) is 0 Å².